The molecule has 1 fully saturated rings. The minimum Gasteiger partial charge on any atom is -0.336 e. The molecule has 0 spiro atoms. The second-order valence-electron chi connectivity index (χ2n) is 5.95. The van der Waals surface area contributed by atoms with Crippen LogP contribution in [0, 0.1) is 0 Å². The van der Waals surface area contributed by atoms with Gasteiger partial charge in [0.15, 0.2) is 0 Å². The van der Waals surface area contributed by atoms with E-state index in [4.69, 9.17) is 0 Å². The Labute approximate surface area is 128 Å². The summed E-state index contributed by atoms with van der Waals surface area (Å²) in [5.41, 5.74) is 2.06. The Kier molecular flexibility index (Phi) is 6.24. The molecule has 3 nitrogen and oxygen atoms in total. The van der Waals surface area contributed by atoms with Gasteiger partial charge in [-0.25, -0.2) is 0 Å². The number of hydrogen-bond acceptors (Lipinski definition) is 2. The van der Waals surface area contributed by atoms with Gasteiger partial charge in [-0.2, -0.15) is 0 Å². The fourth-order valence-electron chi connectivity index (χ4n) is 3.26. The van der Waals surface area contributed by atoms with Crippen LogP contribution in [0.4, 0.5) is 0 Å². The van der Waals surface area contributed by atoms with E-state index in [1.54, 1.807) is 0 Å². The van der Waals surface area contributed by atoms with Crippen molar-refractivity contribution in [2.24, 2.45) is 0 Å². The van der Waals surface area contributed by atoms with E-state index in [0.29, 0.717) is 6.04 Å². The molecule has 1 atom stereocenters. The first kappa shape index (κ1) is 16.0. The highest BCUT2D eigenvalue weighted by atomic mass is 16.2. The van der Waals surface area contributed by atoms with Crippen molar-refractivity contribution < 1.29 is 4.79 Å². The van der Waals surface area contributed by atoms with Gasteiger partial charge in [-0.15, -0.1) is 0 Å². The summed E-state index contributed by atoms with van der Waals surface area (Å²) >= 11 is 0. The summed E-state index contributed by atoms with van der Waals surface area (Å²) in [6, 6.07) is 8.53. The van der Waals surface area contributed by atoms with Crippen LogP contribution in [-0.4, -0.2) is 37.0 Å². The third kappa shape index (κ3) is 4.07. The van der Waals surface area contributed by atoms with E-state index in [2.05, 4.69) is 23.2 Å². The summed E-state index contributed by atoms with van der Waals surface area (Å²) in [6.45, 7) is 4.03. The molecule has 0 bridgehead atoms. The molecule has 1 unspecified atom stereocenters. The van der Waals surface area contributed by atoms with E-state index in [-0.39, 0.29) is 5.91 Å². The van der Waals surface area contributed by atoms with Crippen molar-refractivity contribution in [2.75, 3.05) is 20.1 Å². The van der Waals surface area contributed by atoms with Gasteiger partial charge in [0.05, 0.1) is 0 Å². The molecule has 1 heterocycles. The zero-order chi connectivity index (χ0) is 15.1. The van der Waals surface area contributed by atoms with Crippen LogP contribution in [0.5, 0.6) is 0 Å². The molecule has 1 N–H and O–H groups in total. The number of carbonyl (C=O) groups excluding carboxylic acids is 1. The third-order valence-electron chi connectivity index (χ3n) is 4.40. The highest BCUT2D eigenvalue weighted by Gasteiger charge is 2.27. The molecule has 1 saturated heterocycles. The highest BCUT2D eigenvalue weighted by Crippen LogP contribution is 2.24. The number of piperidine rings is 1. The molecule has 1 amide bonds. The standard InChI is InChI=1S/C18H28N2O/c1-3-8-16-10-6-7-14-20(16)18(21)17-11-5-4-9-15(17)12-13-19-2/h4-5,9,11,16,19H,3,6-8,10,12-14H2,1-2H3. The smallest absolute Gasteiger partial charge is 0.254 e. The molecule has 1 aromatic carbocycles. The number of carbonyl (C=O) groups is 1. The fourth-order valence-corrected chi connectivity index (χ4v) is 3.26. The first-order valence-electron chi connectivity index (χ1n) is 8.31. The van der Waals surface area contributed by atoms with Gasteiger partial charge in [0.25, 0.3) is 5.91 Å². The number of nitrogens with zero attached hydrogens (tertiary/aromatic N) is 1. The number of hydrogen-bond donors (Lipinski definition) is 1. The first-order chi connectivity index (χ1) is 10.3. The van der Waals surface area contributed by atoms with Crippen LogP contribution in [-0.2, 0) is 6.42 Å². The van der Waals surface area contributed by atoms with Crippen molar-refractivity contribution in [3.05, 3.63) is 35.4 Å². The number of benzene rings is 1. The molecule has 21 heavy (non-hydrogen) atoms. The maximum absolute atomic E-state index is 13.0. The summed E-state index contributed by atoms with van der Waals surface area (Å²) < 4.78 is 0. The summed E-state index contributed by atoms with van der Waals surface area (Å²) in [6.07, 6.45) is 6.75. The highest BCUT2D eigenvalue weighted by molar-refractivity contribution is 5.96. The second kappa shape index (κ2) is 8.18. The molecule has 1 aromatic rings. The first-order valence-corrected chi connectivity index (χ1v) is 8.31. The lowest BCUT2D eigenvalue weighted by atomic mass is 9.95. The Morgan fingerprint density at radius 1 is 1.33 bits per heavy atom. The van der Waals surface area contributed by atoms with Gasteiger partial charge in [-0.3, -0.25) is 4.79 Å². The Morgan fingerprint density at radius 2 is 2.14 bits per heavy atom. The van der Waals surface area contributed by atoms with Gasteiger partial charge in [0.1, 0.15) is 0 Å². The summed E-state index contributed by atoms with van der Waals surface area (Å²) in [5, 5.41) is 3.17. The predicted molar refractivity (Wildman–Crippen MR) is 87.7 cm³/mol. The van der Waals surface area contributed by atoms with Gasteiger partial charge in [-0.1, -0.05) is 31.5 Å². The van der Waals surface area contributed by atoms with Crippen molar-refractivity contribution in [2.45, 2.75) is 51.5 Å². The van der Waals surface area contributed by atoms with Crippen LogP contribution in [0.1, 0.15) is 54.9 Å². The largest absolute Gasteiger partial charge is 0.336 e. The monoisotopic (exact) mass is 288 g/mol. The van der Waals surface area contributed by atoms with Gasteiger partial charge < -0.3 is 10.2 Å². The van der Waals surface area contributed by atoms with Gasteiger partial charge >= 0.3 is 0 Å². The van der Waals surface area contributed by atoms with E-state index in [0.717, 1.165) is 56.3 Å². The maximum Gasteiger partial charge on any atom is 0.254 e. The Hall–Kier alpha value is -1.35. The SMILES string of the molecule is CCCC1CCCCN1C(=O)c1ccccc1CCNC. The lowest BCUT2D eigenvalue weighted by Crippen LogP contribution is -2.44. The minimum absolute atomic E-state index is 0.236. The molecule has 1 aliphatic heterocycles. The number of likely N-dealkylation sites (tertiary alicyclic amines) is 1. The van der Waals surface area contributed by atoms with Crippen LogP contribution in [0.3, 0.4) is 0 Å². The van der Waals surface area contributed by atoms with E-state index in [1.807, 2.05) is 25.2 Å². The van der Waals surface area contributed by atoms with Crippen LogP contribution in [0.25, 0.3) is 0 Å². The Balaban J connectivity index is 2.17. The molecular formula is C18H28N2O. The van der Waals surface area contributed by atoms with Gasteiger partial charge in [0.2, 0.25) is 0 Å². The van der Waals surface area contributed by atoms with E-state index in [9.17, 15) is 4.79 Å². The van der Waals surface area contributed by atoms with Crippen LogP contribution < -0.4 is 5.32 Å². The molecular weight excluding hydrogens is 260 g/mol. The minimum atomic E-state index is 0.236. The molecule has 3 heteroatoms. The average molecular weight is 288 g/mol. The fraction of sp³-hybridized carbons (Fsp3) is 0.611. The Morgan fingerprint density at radius 3 is 2.90 bits per heavy atom. The normalized spacial score (nSPS) is 18.8. The van der Waals surface area contributed by atoms with Crippen molar-refractivity contribution >= 4 is 5.91 Å². The van der Waals surface area contributed by atoms with Crippen LogP contribution in [0.2, 0.25) is 0 Å². The maximum atomic E-state index is 13.0. The molecule has 0 aliphatic carbocycles. The quantitative estimate of drug-likeness (QED) is 0.871. The Bertz CT molecular complexity index is 456. The van der Waals surface area contributed by atoms with E-state index in [1.165, 1.54) is 6.42 Å². The number of amides is 1. The summed E-state index contributed by atoms with van der Waals surface area (Å²) in [7, 11) is 1.95. The second-order valence-corrected chi connectivity index (χ2v) is 5.95. The van der Waals surface area contributed by atoms with Crippen molar-refractivity contribution in [3.8, 4) is 0 Å². The van der Waals surface area contributed by atoms with E-state index >= 15 is 0 Å². The lowest BCUT2D eigenvalue weighted by molar-refractivity contribution is 0.0599. The molecule has 2 rings (SSSR count). The topological polar surface area (TPSA) is 32.3 Å². The van der Waals surface area contributed by atoms with Gasteiger partial charge in [0, 0.05) is 18.2 Å². The number of rotatable bonds is 6. The third-order valence-corrected chi connectivity index (χ3v) is 4.40. The van der Waals surface area contributed by atoms with Crippen LogP contribution in [0.15, 0.2) is 24.3 Å². The zero-order valence-corrected chi connectivity index (χ0v) is 13.4. The average Bonchev–Trinajstić information content (AvgIpc) is 2.53. The van der Waals surface area contributed by atoms with Crippen molar-refractivity contribution in [3.63, 3.8) is 0 Å². The molecule has 116 valence electrons. The van der Waals surface area contributed by atoms with E-state index < -0.39 is 0 Å². The van der Waals surface area contributed by atoms with Crippen LogP contribution >= 0.6 is 0 Å². The number of likely N-dealkylation sites (N-methyl/N-ethyl adjacent to an activating group) is 1. The molecule has 0 radical (unpaired) electrons. The zero-order valence-electron chi connectivity index (χ0n) is 13.4. The summed E-state index contributed by atoms with van der Waals surface area (Å²) in [5.74, 6) is 0.236. The predicted octanol–water partition coefficient (Wildman–Crippen LogP) is 3.24. The number of nitrogens with one attached hydrogen (secondary N) is 1. The van der Waals surface area contributed by atoms with Gasteiger partial charge in [-0.05, 0) is 57.3 Å². The lowest BCUT2D eigenvalue weighted by Gasteiger charge is -2.36. The molecule has 0 saturated carbocycles. The van der Waals surface area contributed by atoms with Crippen molar-refractivity contribution in [1.82, 2.24) is 10.2 Å². The molecule has 1 aliphatic rings. The van der Waals surface area contributed by atoms with Crippen molar-refractivity contribution in [1.29, 1.82) is 0 Å². The molecule has 0 aromatic heterocycles. The summed E-state index contributed by atoms with van der Waals surface area (Å²) in [4.78, 5) is 15.1.